The van der Waals surface area contributed by atoms with Crippen molar-refractivity contribution in [3.63, 3.8) is 0 Å². The second-order valence-electron chi connectivity index (χ2n) is 4.24. The standard InChI is InChI=1S/C14H18N2O/c1-5-17-14-9-12(4)15-16(14)13-7-6-10(2)11(3)8-13/h6-9H,5H2,1-4H3. The predicted octanol–water partition coefficient (Wildman–Crippen LogP) is 3.20. The number of rotatable bonds is 3. The van der Waals surface area contributed by atoms with Gasteiger partial charge in [0.25, 0.3) is 0 Å². The molecule has 3 nitrogen and oxygen atoms in total. The summed E-state index contributed by atoms with van der Waals surface area (Å²) in [4.78, 5) is 0. The van der Waals surface area contributed by atoms with Crippen LogP contribution in [-0.2, 0) is 0 Å². The smallest absolute Gasteiger partial charge is 0.216 e. The topological polar surface area (TPSA) is 27.1 Å². The Morgan fingerprint density at radius 3 is 2.53 bits per heavy atom. The minimum atomic E-state index is 0.649. The highest BCUT2D eigenvalue weighted by molar-refractivity contribution is 5.41. The van der Waals surface area contributed by atoms with Crippen LogP contribution in [0.1, 0.15) is 23.7 Å². The van der Waals surface area contributed by atoms with E-state index in [0.29, 0.717) is 6.61 Å². The maximum Gasteiger partial charge on any atom is 0.216 e. The fourth-order valence-electron chi connectivity index (χ4n) is 1.77. The van der Waals surface area contributed by atoms with Gasteiger partial charge < -0.3 is 4.74 Å². The first kappa shape index (κ1) is 11.7. The summed E-state index contributed by atoms with van der Waals surface area (Å²) in [5, 5.41) is 4.46. The highest BCUT2D eigenvalue weighted by atomic mass is 16.5. The summed E-state index contributed by atoms with van der Waals surface area (Å²) in [5.74, 6) is 0.799. The van der Waals surface area contributed by atoms with Gasteiger partial charge in [-0.25, -0.2) is 4.68 Å². The van der Waals surface area contributed by atoms with Crippen LogP contribution in [0.25, 0.3) is 5.69 Å². The lowest BCUT2D eigenvalue weighted by molar-refractivity contribution is 0.316. The van der Waals surface area contributed by atoms with Gasteiger partial charge in [-0.15, -0.1) is 0 Å². The largest absolute Gasteiger partial charge is 0.478 e. The first-order valence-electron chi connectivity index (χ1n) is 5.89. The molecule has 1 aromatic carbocycles. The van der Waals surface area contributed by atoms with Crippen molar-refractivity contribution in [3.05, 3.63) is 41.1 Å². The van der Waals surface area contributed by atoms with Gasteiger partial charge in [-0.2, -0.15) is 5.10 Å². The molecule has 0 atom stereocenters. The van der Waals surface area contributed by atoms with Crippen LogP contribution < -0.4 is 4.74 Å². The highest BCUT2D eigenvalue weighted by Gasteiger charge is 2.08. The van der Waals surface area contributed by atoms with Crippen LogP contribution in [0, 0.1) is 20.8 Å². The minimum absolute atomic E-state index is 0.649. The average Bonchev–Trinajstić information content (AvgIpc) is 2.64. The summed E-state index contributed by atoms with van der Waals surface area (Å²) in [6.45, 7) is 8.82. The molecule has 1 heterocycles. The summed E-state index contributed by atoms with van der Waals surface area (Å²) in [7, 11) is 0. The number of aryl methyl sites for hydroxylation is 3. The quantitative estimate of drug-likeness (QED) is 0.809. The van der Waals surface area contributed by atoms with E-state index in [1.165, 1.54) is 11.1 Å². The Hall–Kier alpha value is -1.77. The molecule has 0 unspecified atom stereocenters. The monoisotopic (exact) mass is 230 g/mol. The maximum atomic E-state index is 5.58. The van der Waals surface area contributed by atoms with Crippen LogP contribution in [-0.4, -0.2) is 16.4 Å². The van der Waals surface area contributed by atoms with E-state index in [2.05, 4.69) is 37.1 Å². The van der Waals surface area contributed by atoms with Crippen LogP contribution in [0.3, 0.4) is 0 Å². The zero-order chi connectivity index (χ0) is 12.4. The van der Waals surface area contributed by atoms with Gasteiger partial charge in [0.2, 0.25) is 5.88 Å². The molecule has 3 heteroatoms. The molecule has 0 saturated carbocycles. The van der Waals surface area contributed by atoms with E-state index in [1.807, 2.05) is 24.6 Å². The van der Waals surface area contributed by atoms with Gasteiger partial charge in [-0.3, -0.25) is 0 Å². The molecule has 0 radical (unpaired) electrons. The van der Waals surface area contributed by atoms with Gasteiger partial charge in [-0.05, 0) is 51.0 Å². The van der Waals surface area contributed by atoms with Gasteiger partial charge in [0.15, 0.2) is 0 Å². The van der Waals surface area contributed by atoms with Crippen molar-refractivity contribution in [1.29, 1.82) is 0 Å². The van der Waals surface area contributed by atoms with Crippen molar-refractivity contribution in [2.24, 2.45) is 0 Å². The lowest BCUT2D eigenvalue weighted by Crippen LogP contribution is -2.03. The zero-order valence-electron chi connectivity index (χ0n) is 10.8. The molecule has 17 heavy (non-hydrogen) atoms. The summed E-state index contributed by atoms with van der Waals surface area (Å²) >= 11 is 0. The molecule has 90 valence electrons. The highest BCUT2D eigenvalue weighted by Crippen LogP contribution is 2.21. The van der Waals surface area contributed by atoms with Crippen molar-refractivity contribution in [1.82, 2.24) is 9.78 Å². The third-order valence-electron chi connectivity index (χ3n) is 2.83. The summed E-state index contributed by atoms with van der Waals surface area (Å²) < 4.78 is 7.44. The van der Waals surface area contributed by atoms with Crippen molar-refractivity contribution in [3.8, 4) is 11.6 Å². The molecule has 0 bridgehead atoms. The van der Waals surface area contributed by atoms with E-state index in [1.54, 1.807) is 0 Å². The number of aromatic nitrogens is 2. The lowest BCUT2D eigenvalue weighted by Gasteiger charge is -2.09. The molecule has 0 N–H and O–H groups in total. The first-order chi connectivity index (χ1) is 8.11. The summed E-state index contributed by atoms with van der Waals surface area (Å²) in [6, 6.07) is 8.26. The van der Waals surface area contributed by atoms with E-state index in [4.69, 9.17) is 4.74 Å². The molecule has 0 aliphatic carbocycles. The molecule has 0 saturated heterocycles. The molecule has 0 amide bonds. The fraction of sp³-hybridized carbons (Fsp3) is 0.357. The molecular formula is C14H18N2O. The van der Waals surface area contributed by atoms with Crippen LogP contribution in [0.4, 0.5) is 0 Å². The molecular weight excluding hydrogens is 212 g/mol. The molecule has 0 aliphatic rings. The van der Waals surface area contributed by atoms with Crippen LogP contribution in [0.15, 0.2) is 24.3 Å². The summed E-state index contributed by atoms with van der Waals surface area (Å²) in [5.41, 5.74) is 4.56. The van der Waals surface area contributed by atoms with Crippen molar-refractivity contribution in [2.75, 3.05) is 6.61 Å². The Kier molecular flexibility index (Phi) is 3.18. The first-order valence-corrected chi connectivity index (χ1v) is 5.89. The van der Waals surface area contributed by atoms with Crippen LogP contribution >= 0.6 is 0 Å². The Bertz CT molecular complexity index is 529. The number of nitrogens with zero attached hydrogens (tertiary/aromatic N) is 2. The Morgan fingerprint density at radius 2 is 1.88 bits per heavy atom. The van der Waals surface area contributed by atoms with Gasteiger partial charge >= 0.3 is 0 Å². The third kappa shape index (κ3) is 2.33. The number of benzene rings is 1. The maximum absolute atomic E-state index is 5.58. The average molecular weight is 230 g/mol. The van der Waals surface area contributed by atoms with Gasteiger partial charge in [0.05, 0.1) is 18.0 Å². The zero-order valence-corrected chi connectivity index (χ0v) is 10.8. The van der Waals surface area contributed by atoms with Crippen molar-refractivity contribution in [2.45, 2.75) is 27.7 Å². The van der Waals surface area contributed by atoms with E-state index in [9.17, 15) is 0 Å². The summed E-state index contributed by atoms with van der Waals surface area (Å²) in [6.07, 6.45) is 0. The Balaban J connectivity index is 2.47. The van der Waals surface area contributed by atoms with Crippen molar-refractivity contribution >= 4 is 0 Å². The molecule has 2 rings (SSSR count). The lowest BCUT2D eigenvalue weighted by atomic mass is 10.1. The van der Waals surface area contributed by atoms with E-state index >= 15 is 0 Å². The molecule has 0 fully saturated rings. The van der Waals surface area contributed by atoms with E-state index in [-0.39, 0.29) is 0 Å². The number of hydrogen-bond donors (Lipinski definition) is 0. The minimum Gasteiger partial charge on any atom is -0.478 e. The second-order valence-corrected chi connectivity index (χ2v) is 4.24. The van der Waals surface area contributed by atoms with Gasteiger partial charge in [0.1, 0.15) is 0 Å². The SMILES string of the molecule is CCOc1cc(C)nn1-c1ccc(C)c(C)c1. The predicted molar refractivity (Wildman–Crippen MR) is 68.9 cm³/mol. The van der Waals surface area contributed by atoms with E-state index < -0.39 is 0 Å². The Labute approximate surface area is 102 Å². The number of ether oxygens (including phenoxy) is 1. The molecule has 2 aromatic rings. The second kappa shape index (κ2) is 4.62. The van der Waals surface area contributed by atoms with Crippen molar-refractivity contribution < 1.29 is 4.74 Å². The fourth-order valence-corrected chi connectivity index (χ4v) is 1.77. The Morgan fingerprint density at radius 1 is 1.12 bits per heavy atom. The third-order valence-corrected chi connectivity index (χ3v) is 2.83. The molecule has 1 aromatic heterocycles. The normalized spacial score (nSPS) is 10.6. The molecule has 0 aliphatic heterocycles. The van der Waals surface area contributed by atoms with E-state index in [0.717, 1.165) is 17.3 Å². The van der Waals surface area contributed by atoms with Gasteiger partial charge in [0, 0.05) is 6.07 Å². The molecule has 0 spiro atoms. The van der Waals surface area contributed by atoms with Crippen LogP contribution in [0.2, 0.25) is 0 Å². The van der Waals surface area contributed by atoms with Crippen LogP contribution in [0.5, 0.6) is 5.88 Å². The number of hydrogen-bond acceptors (Lipinski definition) is 2. The van der Waals surface area contributed by atoms with Gasteiger partial charge in [-0.1, -0.05) is 6.07 Å².